The second-order valence-electron chi connectivity index (χ2n) is 19.5. The van der Waals surface area contributed by atoms with Crippen LogP contribution in [0, 0.1) is 17.8 Å². The lowest BCUT2D eigenvalue weighted by Gasteiger charge is -2.35. The van der Waals surface area contributed by atoms with E-state index in [0.29, 0.717) is 16.7 Å². The molecule has 0 aromatic heterocycles. The van der Waals surface area contributed by atoms with Crippen molar-refractivity contribution in [2.24, 2.45) is 17.8 Å². The fraction of sp³-hybridized carbons (Fsp3) is 0.263. The predicted octanol–water partition coefficient (Wildman–Crippen LogP) is -0.810. The molecule has 1 fully saturated rings. The number of carbonyl (C=O) groups excluding carboxylic acids is 6. The first kappa shape index (κ1) is 57.8. The summed E-state index contributed by atoms with van der Waals surface area (Å²) in [5, 5.41) is 74.7. The Kier molecular flexibility index (Phi) is 21.1. The molecular weight excluding hydrogens is 993 g/mol. The molecule has 1 aliphatic carbocycles. The van der Waals surface area contributed by atoms with Gasteiger partial charge in [-0.3, -0.25) is 28.8 Å². The van der Waals surface area contributed by atoms with Gasteiger partial charge in [0.25, 0.3) is 0 Å². The molecule has 0 aliphatic heterocycles. The Bertz CT molecular complexity index is 2600. The van der Waals surface area contributed by atoms with Crippen molar-refractivity contribution in [3.8, 4) is 0 Å². The summed E-state index contributed by atoms with van der Waals surface area (Å²) in [7, 11) is -5.01. The molecule has 6 aromatic rings. The van der Waals surface area contributed by atoms with E-state index in [0.717, 1.165) is 16.7 Å². The molecule has 6 aromatic carbocycles. The molecule has 0 unspecified atom stereocenters. The zero-order valence-corrected chi connectivity index (χ0v) is 42.8. The summed E-state index contributed by atoms with van der Waals surface area (Å²) in [6.45, 7) is 0.141. The van der Waals surface area contributed by atoms with Gasteiger partial charge in [0, 0.05) is 56.7 Å². The molecule has 1 aliphatic rings. The highest BCUT2D eigenvalue weighted by atomic mass is 16.4. The quantitative estimate of drug-likeness (QED) is 0.0332. The van der Waals surface area contributed by atoms with Crippen LogP contribution in [0.3, 0.4) is 0 Å². The number of carbonyl (C=O) groups is 6. The fourth-order valence-corrected chi connectivity index (χ4v) is 9.37. The van der Waals surface area contributed by atoms with Crippen LogP contribution < -0.4 is 48.3 Å². The van der Waals surface area contributed by atoms with Crippen LogP contribution in [0.2, 0.25) is 0 Å². The van der Waals surface area contributed by atoms with Crippen LogP contribution in [0.15, 0.2) is 164 Å². The minimum atomic E-state index is -1.67. The van der Waals surface area contributed by atoms with Gasteiger partial charge in [-0.2, -0.15) is 0 Å². The van der Waals surface area contributed by atoms with Crippen LogP contribution in [-0.4, -0.2) is 105 Å². The second kappa shape index (κ2) is 28.5. The molecule has 78 heavy (non-hydrogen) atoms. The van der Waals surface area contributed by atoms with Crippen molar-refractivity contribution in [1.82, 2.24) is 31.9 Å². The molecule has 12 N–H and O–H groups in total. The largest absolute Gasteiger partial charge is 0.488 e. The van der Waals surface area contributed by atoms with Gasteiger partial charge in [0.05, 0.1) is 0 Å². The van der Waals surface area contributed by atoms with Crippen LogP contribution in [0.4, 0.5) is 0 Å². The third-order valence-electron chi connectivity index (χ3n) is 13.8. The van der Waals surface area contributed by atoms with Crippen molar-refractivity contribution in [1.29, 1.82) is 0 Å². The lowest BCUT2D eigenvalue weighted by molar-refractivity contribution is -0.139. The molecule has 6 amide bonds. The fourth-order valence-electron chi connectivity index (χ4n) is 9.37. The monoisotopic (exact) mass is 1060 g/mol. The standard InChI is InChI=1S/C57H63B3N6O12/c67-52(64-49(28-37-10-4-1-5-11-37)55(70)61-34-40-16-22-46(23-17-40)58(73)74)43-31-44(53(68)65-50(29-38-12-6-2-7-13-38)56(71)62-35-41-18-24-47(25-19-41)59(75)76)33-45(32-43)54(69)66-51(30-39-14-8-3-9-15-39)57(72)63-36-42-20-26-48(27-21-42)60(77)78/h1-27,43-45,49-51,73-78H,28-36H2,(H,61,70)(H,62,71)(H,63,72)(H,64,67)(H,65,68)(H,66,69)/t43?,44?,45?,49-,50-,51-/m0/s1. The molecular formula is C57H63B3N6O12. The van der Waals surface area contributed by atoms with E-state index in [-0.39, 0.29) is 74.5 Å². The Morgan fingerprint density at radius 1 is 0.346 bits per heavy atom. The number of rotatable bonds is 24. The molecule has 3 atom stereocenters. The molecule has 0 saturated heterocycles. The minimum absolute atomic E-state index is 0.0470. The van der Waals surface area contributed by atoms with Crippen LogP contribution >= 0.6 is 0 Å². The zero-order chi connectivity index (χ0) is 55.6. The molecule has 0 bridgehead atoms. The van der Waals surface area contributed by atoms with E-state index < -0.39 is 92.7 Å². The van der Waals surface area contributed by atoms with Crippen molar-refractivity contribution >= 4 is 73.2 Å². The van der Waals surface area contributed by atoms with Crippen LogP contribution in [0.5, 0.6) is 0 Å². The molecule has 402 valence electrons. The van der Waals surface area contributed by atoms with Crippen LogP contribution in [0.25, 0.3) is 0 Å². The summed E-state index contributed by atoms with van der Waals surface area (Å²) in [5.74, 6) is -6.41. The maximum atomic E-state index is 14.7. The Morgan fingerprint density at radius 2 is 0.577 bits per heavy atom. The normalized spacial score (nSPS) is 16.0. The third-order valence-corrected chi connectivity index (χ3v) is 13.8. The first-order valence-electron chi connectivity index (χ1n) is 25.8. The summed E-state index contributed by atoms with van der Waals surface area (Å²) in [6.07, 6.45) is 0.0689. The molecule has 18 nitrogen and oxygen atoms in total. The molecule has 0 radical (unpaired) electrons. The highest BCUT2D eigenvalue weighted by molar-refractivity contribution is 6.59. The van der Waals surface area contributed by atoms with Gasteiger partial charge in [-0.25, -0.2) is 0 Å². The summed E-state index contributed by atoms with van der Waals surface area (Å²) in [6, 6.07) is 42.7. The van der Waals surface area contributed by atoms with Gasteiger partial charge in [-0.1, -0.05) is 164 Å². The topological polar surface area (TPSA) is 296 Å². The van der Waals surface area contributed by atoms with E-state index in [1.165, 1.54) is 36.4 Å². The van der Waals surface area contributed by atoms with Crippen molar-refractivity contribution in [2.45, 2.75) is 76.3 Å². The average Bonchev–Trinajstić information content (AvgIpc) is 3.46. The first-order chi connectivity index (χ1) is 37.6. The molecule has 0 heterocycles. The lowest BCUT2D eigenvalue weighted by Crippen LogP contribution is -2.54. The lowest BCUT2D eigenvalue weighted by atomic mass is 9.73. The summed E-state index contributed by atoms with van der Waals surface area (Å²) < 4.78 is 0. The van der Waals surface area contributed by atoms with E-state index in [2.05, 4.69) is 31.9 Å². The zero-order valence-electron chi connectivity index (χ0n) is 42.8. The summed E-state index contributed by atoms with van der Waals surface area (Å²) >= 11 is 0. The molecule has 21 heteroatoms. The maximum Gasteiger partial charge on any atom is 0.488 e. The molecule has 0 spiro atoms. The smallest absolute Gasteiger partial charge is 0.423 e. The summed E-state index contributed by atoms with van der Waals surface area (Å²) in [5.41, 5.74) is 4.99. The van der Waals surface area contributed by atoms with Gasteiger partial charge in [-0.05, 0) is 69.0 Å². The van der Waals surface area contributed by atoms with Crippen molar-refractivity contribution < 1.29 is 58.9 Å². The van der Waals surface area contributed by atoms with Gasteiger partial charge in [0.1, 0.15) is 18.1 Å². The van der Waals surface area contributed by atoms with Gasteiger partial charge in [0.2, 0.25) is 35.4 Å². The first-order valence-corrected chi connectivity index (χ1v) is 25.8. The van der Waals surface area contributed by atoms with Crippen LogP contribution in [0.1, 0.15) is 52.6 Å². The number of nitrogens with one attached hydrogen (secondary N) is 6. The van der Waals surface area contributed by atoms with E-state index >= 15 is 0 Å². The Hall–Kier alpha value is -7.91. The average molecular weight is 1060 g/mol. The Labute approximate surface area is 453 Å². The number of hydrogen-bond donors (Lipinski definition) is 12. The van der Waals surface area contributed by atoms with E-state index in [9.17, 15) is 58.9 Å². The van der Waals surface area contributed by atoms with Gasteiger partial charge < -0.3 is 62.0 Å². The minimum Gasteiger partial charge on any atom is -0.423 e. The highest BCUT2D eigenvalue weighted by Crippen LogP contribution is 2.35. The third kappa shape index (κ3) is 17.3. The highest BCUT2D eigenvalue weighted by Gasteiger charge is 2.42. The maximum absolute atomic E-state index is 14.7. The van der Waals surface area contributed by atoms with Crippen molar-refractivity contribution in [2.75, 3.05) is 0 Å². The van der Waals surface area contributed by atoms with E-state index in [4.69, 9.17) is 0 Å². The predicted molar refractivity (Wildman–Crippen MR) is 295 cm³/mol. The van der Waals surface area contributed by atoms with E-state index in [1.807, 2.05) is 54.6 Å². The number of hydrogen-bond acceptors (Lipinski definition) is 12. The number of amides is 6. The van der Waals surface area contributed by atoms with Gasteiger partial charge >= 0.3 is 21.4 Å². The van der Waals surface area contributed by atoms with Gasteiger partial charge in [0.15, 0.2) is 0 Å². The number of benzene rings is 6. The van der Waals surface area contributed by atoms with E-state index in [1.54, 1.807) is 72.8 Å². The van der Waals surface area contributed by atoms with Crippen molar-refractivity contribution in [3.05, 3.63) is 197 Å². The van der Waals surface area contributed by atoms with Crippen LogP contribution in [-0.2, 0) is 67.7 Å². The Morgan fingerprint density at radius 3 is 0.795 bits per heavy atom. The second-order valence-corrected chi connectivity index (χ2v) is 19.5. The van der Waals surface area contributed by atoms with Crippen molar-refractivity contribution in [3.63, 3.8) is 0 Å². The Balaban J connectivity index is 1.14. The SMILES string of the molecule is O=C(N[C@@H](Cc1ccccc1)C(=O)NCc1ccc(B(O)O)cc1)C1CC(C(=O)N[C@@H](Cc2ccccc2)C(=O)NCc2ccc(B(O)O)cc2)CC(C(=O)N[C@@H](Cc2ccccc2)C(=O)NCc2ccc(B(O)O)cc2)C1. The molecule has 1 saturated carbocycles. The van der Waals surface area contributed by atoms with Gasteiger partial charge in [-0.15, -0.1) is 0 Å². The molecule has 7 rings (SSSR count). The summed E-state index contributed by atoms with van der Waals surface area (Å²) in [4.78, 5) is 86.3.